The summed E-state index contributed by atoms with van der Waals surface area (Å²) >= 11 is 0. The second kappa shape index (κ2) is 9.22. The highest BCUT2D eigenvalue weighted by Crippen LogP contribution is 2.20. The van der Waals surface area contributed by atoms with Crippen LogP contribution >= 0.6 is 0 Å². The molecule has 0 spiro atoms. The highest BCUT2D eigenvalue weighted by atomic mass is 16.5. The molecular weight excluding hydrogens is 390 g/mol. The van der Waals surface area contributed by atoms with Gasteiger partial charge in [0.25, 0.3) is 5.56 Å². The van der Waals surface area contributed by atoms with Crippen molar-refractivity contribution in [2.24, 2.45) is 7.05 Å². The lowest BCUT2D eigenvalue weighted by Crippen LogP contribution is -2.33. The third kappa shape index (κ3) is 4.72. The van der Waals surface area contributed by atoms with Gasteiger partial charge in [-0.25, -0.2) is 4.98 Å². The van der Waals surface area contributed by atoms with Crippen molar-refractivity contribution in [2.45, 2.75) is 32.2 Å². The molecule has 1 aliphatic rings. The van der Waals surface area contributed by atoms with Gasteiger partial charge in [-0.15, -0.1) is 0 Å². The fraction of sp³-hybridized carbons (Fsp3) is 0.333. The van der Waals surface area contributed by atoms with Crippen LogP contribution in [0.2, 0.25) is 0 Å². The van der Waals surface area contributed by atoms with Gasteiger partial charge in [0.05, 0.1) is 11.3 Å². The predicted molar refractivity (Wildman–Crippen MR) is 122 cm³/mol. The van der Waals surface area contributed by atoms with E-state index in [1.165, 1.54) is 4.57 Å². The van der Waals surface area contributed by atoms with E-state index in [1.807, 2.05) is 49.4 Å². The summed E-state index contributed by atoms with van der Waals surface area (Å²) in [5, 5.41) is 11.1. The van der Waals surface area contributed by atoms with Crippen LogP contribution in [0.1, 0.15) is 35.5 Å². The van der Waals surface area contributed by atoms with E-state index in [0.29, 0.717) is 36.8 Å². The number of hydrogen-bond acceptors (Lipinski definition) is 6. The van der Waals surface area contributed by atoms with Gasteiger partial charge in [0.2, 0.25) is 0 Å². The van der Waals surface area contributed by atoms with E-state index in [9.17, 15) is 4.79 Å². The minimum absolute atomic E-state index is 0.195. The van der Waals surface area contributed by atoms with Crippen LogP contribution in [0, 0.1) is 12.3 Å². The number of aromatic nitrogens is 3. The van der Waals surface area contributed by atoms with Crippen LogP contribution in [-0.2, 0) is 18.2 Å². The lowest BCUT2D eigenvalue weighted by molar-refractivity contribution is 0.0904. The molecular formula is C24H27N5O2. The maximum absolute atomic E-state index is 12.8. The molecule has 0 amide bonds. The smallest absolute Gasteiger partial charge is 0.264 e. The molecule has 0 atom stereocenters. The van der Waals surface area contributed by atoms with Crippen LogP contribution in [0.5, 0.6) is 0 Å². The maximum atomic E-state index is 12.8. The molecule has 0 unspecified atom stereocenters. The van der Waals surface area contributed by atoms with Crippen molar-refractivity contribution in [2.75, 3.05) is 18.5 Å². The average Bonchev–Trinajstić information content (AvgIpc) is 2.79. The number of nitrogens with zero attached hydrogens (tertiary/aromatic N) is 3. The number of ether oxygens (including phenoxy) is 1. The van der Waals surface area contributed by atoms with Gasteiger partial charge in [-0.3, -0.25) is 14.3 Å². The van der Waals surface area contributed by atoms with Gasteiger partial charge in [0.15, 0.2) is 0 Å². The minimum Gasteiger partial charge on any atom is -0.381 e. The van der Waals surface area contributed by atoms with Crippen molar-refractivity contribution >= 4 is 12.0 Å². The Kier molecular flexibility index (Phi) is 6.23. The van der Waals surface area contributed by atoms with Gasteiger partial charge >= 0.3 is 0 Å². The quantitative estimate of drug-likeness (QED) is 0.600. The Labute approximate surface area is 181 Å². The molecule has 1 fully saturated rings. The summed E-state index contributed by atoms with van der Waals surface area (Å²) in [6.45, 7) is 3.36. The Hall–Kier alpha value is -3.32. The van der Waals surface area contributed by atoms with Crippen LogP contribution < -0.4 is 10.9 Å². The summed E-state index contributed by atoms with van der Waals surface area (Å²) in [6.07, 6.45) is 3.33. The lowest BCUT2D eigenvalue weighted by atomic mass is 10.1. The van der Waals surface area contributed by atoms with E-state index in [4.69, 9.17) is 15.1 Å². The van der Waals surface area contributed by atoms with E-state index >= 15 is 0 Å². The topological polar surface area (TPSA) is 92.9 Å². The van der Waals surface area contributed by atoms with Crippen LogP contribution in [0.25, 0.3) is 11.3 Å². The van der Waals surface area contributed by atoms with Crippen molar-refractivity contribution in [3.63, 3.8) is 0 Å². The summed E-state index contributed by atoms with van der Waals surface area (Å²) in [6, 6.07) is 14.4. The number of benzene rings is 1. The Balaban J connectivity index is 1.60. The van der Waals surface area contributed by atoms with Crippen LogP contribution in [0.4, 0.5) is 5.82 Å². The van der Waals surface area contributed by atoms with E-state index in [-0.39, 0.29) is 11.6 Å². The fourth-order valence-electron chi connectivity index (χ4n) is 3.78. The van der Waals surface area contributed by atoms with Crippen molar-refractivity contribution in [3.05, 3.63) is 75.5 Å². The molecule has 3 aromatic rings. The summed E-state index contributed by atoms with van der Waals surface area (Å²) in [7, 11) is 1.71. The third-order valence-electron chi connectivity index (χ3n) is 5.62. The van der Waals surface area contributed by atoms with E-state index in [0.717, 1.165) is 41.6 Å². The summed E-state index contributed by atoms with van der Waals surface area (Å²) < 4.78 is 6.95. The number of hydrogen-bond donors (Lipinski definition) is 2. The zero-order valence-corrected chi connectivity index (χ0v) is 17.9. The maximum Gasteiger partial charge on any atom is 0.264 e. The number of anilines is 1. The van der Waals surface area contributed by atoms with Crippen molar-refractivity contribution in [1.29, 1.82) is 5.41 Å². The molecule has 1 saturated heterocycles. The Morgan fingerprint density at radius 3 is 2.58 bits per heavy atom. The molecule has 31 heavy (non-hydrogen) atoms. The van der Waals surface area contributed by atoms with Gasteiger partial charge < -0.3 is 15.5 Å². The summed E-state index contributed by atoms with van der Waals surface area (Å²) in [4.78, 5) is 22.1. The molecule has 160 valence electrons. The summed E-state index contributed by atoms with van der Waals surface area (Å²) in [5.41, 5.74) is 4.11. The molecule has 7 heteroatoms. The first kappa shape index (κ1) is 20.9. The standard InChI is InChI=1S/C24H27N5O2/c1-16-4-3-5-21(26-16)18-8-6-17(7-9-18)14-22-28-23(20(15-25)24(30)29(22)2)27-19-10-12-31-13-11-19/h3-9,15,19,25,27H,10-14H2,1-2H3. The van der Waals surface area contributed by atoms with Crippen molar-refractivity contribution < 1.29 is 4.74 Å². The number of rotatable bonds is 6. The van der Waals surface area contributed by atoms with Gasteiger partial charge in [-0.2, -0.15) is 0 Å². The Bertz CT molecular complexity index is 1130. The predicted octanol–water partition coefficient (Wildman–Crippen LogP) is 3.33. The normalized spacial score (nSPS) is 14.4. The molecule has 4 rings (SSSR count). The minimum atomic E-state index is -0.213. The van der Waals surface area contributed by atoms with E-state index in [1.54, 1.807) is 7.05 Å². The molecule has 3 heterocycles. The first-order valence-corrected chi connectivity index (χ1v) is 10.5. The highest BCUT2D eigenvalue weighted by Gasteiger charge is 2.19. The number of pyridine rings is 1. The SMILES string of the molecule is Cc1cccc(-c2ccc(Cc3nc(NC4CCOCC4)c(C=N)c(=O)n3C)cc2)n1. The third-order valence-corrected chi connectivity index (χ3v) is 5.62. The molecule has 1 aliphatic heterocycles. The van der Waals surface area contributed by atoms with E-state index < -0.39 is 0 Å². The molecule has 0 radical (unpaired) electrons. The van der Waals surface area contributed by atoms with Gasteiger partial charge in [-0.05, 0) is 37.5 Å². The molecule has 0 aliphatic carbocycles. The summed E-state index contributed by atoms with van der Waals surface area (Å²) in [5.74, 6) is 1.15. The monoisotopic (exact) mass is 417 g/mol. The zero-order chi connectivity index (χ0) is 21.8. The highest BCUT2D eigenvalue weighted by molar-refractivity contribution is 5.83. The Morgan fingerprint density at radius 1 is 1.16 bits per heavy atom. The van der Waals surface area contributed by atoms with Gasteiger partial charge in [0.1, 0.15) is 11.6 Å². The van der Waals surface area contributed by atoms with Crippen LogP contribution in [0.15, 0.2) is 47.3 Å². The largest absolute Gasteiger partial charge is 0.381 e. The van der Waals surface area contributed by atoms with E-state index in [2.05, 4.69) is 10.3 Å². The van der Waals surface area contributed by atoms with Crippen molar-refractivity contribution in [1.82, 2.24) is 14.5 Å². The fourth-order valence-corrected chi connectivity index (χ4v) is 3.78. The van der Waals surface area contributed by atoms with Gasteiger partial charge in [-0.1, -0.05) is 30.3 Å². The van der Waals surface area contributed by atoms with Crippen LogP contribution in [-0.4, -0.2) is 40.0 Å². The molecule has 0 saturated carbocycles. The van der Waals surface area contributed by atoms with Crippen LogP contribution in [0.3, 0.4) is 0 Å². The second-order valence-electron chi connectivity index (χ2n) is 7.87. The van der Waals surface area contributed by atoms with Crippen molar-refractivity contribution in [3.8, 4) is 11.3 Å². The lowest BCUT2D eigenvalue weighted by Gasteiger charge is -2.24. The first-order chi connectivity index (χ1) is 15.0. The molecule has 0 bridgehead atoms. The molecule has 2 N–H and O–H groups in total. The Morgan fingerprint density at radius 2 is 1.90 bits per heavy atom. The van der Waals surface area contributed by atoms with Gasteiger partial charge in [0, 0.05) is 50.2 Å². The second-order valence-corrected chi connectivity index (χ2v) is 7.87. The molecule has 1 aromatic carbocycles. The number of nitrogens with one attached hydrogen (secondary N) is 2. The zero-order valence-electron chi connectivity index (χ0n) is 17.9. The molecule has 2 aromatic heterocycles. The molecule has 7 nitrogen and oxygen atoms in total. The average molecular weight is 418 g/mol. The first-order valence-electron chi connectivity index (χ1n) is 10.5. The number of aryl methyl sites for hydroxylation is 1.